The third kappa shape index (κ3) is 4.47. The zero-order chi connectivity index (χ0) is 5.86. The first-order valence-corrected chi connectivity index (χ1v) is 1.70. The maximum Gasteiger partial charge on any atom is 0.334 e. The van der Waals surface area contributed by atoms with Crippen molar-refractivity contribution in [3.63, 3.8) is 0 Å². The van der Waals surface area contributed by atoms with Gasteiger partial charge in [0.05, 0.1) is 6.61 Å². The fourth-order valence-corrected chi connectivity index (χ4v) is 0.0781. The van der Waals surface area contributed by atoms with Crippen molar-refractivity contribution < 1.29 is 20.1 Å². The second-order valence-corrected chi connectivity index (χ2v) is 1.04. The zero-order valence-electron chi connectivity index (χ0n) is 4.03. The van der Waals surface area contributed by atoms with Gasteiger partial charge in [-0.05, 0) is 0 Å². The second-order valence-electron chi connectivity index (χ2n) is 1.04. The number of aliphatic hydroxyl groups excluding tert-OH is 2. The van der Waals surface area contributed by atoms with Gasteiger partial charge in [0.2, 0.25) is 0 Å². The predicted molar refractivity (Wildman–Crippen MR) is 26.5 cm³/mol. The van der Waals surface area contributed by atoms with Crippen LogP contribution in [0.1, 0.15) is 0 Å². The van der Waals surface area contributed by atoms with E-state index in [1.807, 2.05) is 0 Å². The van der Waals surface area contributed by atoms with Gasteiger partial charge >= 0.3 is 5.97 Å². The molecule has 0 spiro atoms. The topological polar surface area (TPSA) is 77.8 Å². The molecule has 8 heavy (non-hydrogen) atoms. The number of carboxylic acids is 1. The normalized spacial score (nSPS) is 11.8. The fraction of sp³-hybridized carbons (Fsp3) is 0.667. The molecule has 0 saturated heterocycles. The van der Waals surface area contributed by atoms with Crippen LogP contribution in [-0.2, 0) is 4.79 Å². The summed E-state index contributed by atoms with van der Waals surface area (Å²) in [5, 5.41) is 23.7. The molecule has 0 fully saturated rings. The van der Waals surface area contributed by atoms with Crippen LogP contribution in [0.4, 0.5) is 0 Å². The molecule has 0 amide bonds. The maximum absolute atomic E-state index is 9.52. The molecule has 1 unspecified atom stereocenters. The Labute approximate surface area is 66.3 Å². The van der Waals surface area contributed by atoms with Crippen molar-refractivity contribution >= 4 is 33.3 Å². The molecule has 5 heteroatoms. The van der Waals surface area contributed by atoms with E-state index in [1.165, 1.54) is 0 Å². The van der Waals surface area contributed by atoms with E-state index in [-0.39, 0.29) is 27.3 Å². The molecule has 0 saturated carbocycles. The average Bonchev–Trinajstić information content (AvgIpc) is 1.65. The monoisotopic (exact) mass is 314 g/mol. The number of carbonyl (C=O) groups is 1. The molecule has 0 aliphatic heterocycles. The summed E-state index contributed by atoms with van der Waals surface area (Å²) in [4.78, 5) is 9.52. The van der Waals surface area contributed by atoms with Crippen molar-refractivity contribution in [2.45, 2.75) is 6.10 Å². The van der Waals surface area contributed by atoms with Gasteiger partial charge in [-0.15, -0.1) is 0 Å². The molecule has 4 nitrogen and oxygen atoms in total. The zero-order valence-corrected chi connectivity index (χ0v) is 7.92. The first-order valence-electron chi connectivity index (χ1n) is 1.70. The van der Waals surface area contributed by atoms with Crippen molar-refractivity contribution in [2.75, 3.05) is 6.61 Å². The summed E-state index contributed by atoms with van der Waals surface area (Å²) in [6.45, 7) is -0.727. The third-order valence-corrected chi connectivity index (χ3v) is 0.458. The summed E-state index contributed by atoms with van der Waals surface area (Å²) in [6, 6.07) is 0. The SMILES string of the molecule is O=C(O)C(O)CO.[Pb]. The number of rotatable bonds is 2. The van der Waals surface area contributed by atoms with E-state index in [0.717, 1.165) is 0 Å². The van der Waals surface area contributed by atoms with Crippen LogP contribution >= 0.6 is 0 Å². The Morgan fingerprint density at radius 2 is 2.00 bits per heavy atom. The molecule has 1 atom stereocenters. The van der Waals surface area contributed by atoms with E-state index >= 15 is 0 Å². The summed E-state index contributed by atoms with van der Waals surface area (Å²) < 4.78 is 0. The summed E-state index contributed by atoms with van der Waals surface area (Å²) in [7, 11) is 0. The molecule has 46 valence electrons. The van der Waals surface area contributed by atoms with Crippen LogP contribution in [0.2, 0.25) is 0 Å². The van der Waals surface area contributed by atoms with Gasteiger partial charge in [-0.3, -0.25) is 0 Å². The summed E-state index contributed by atoms with van der Waals surface area (Å²) >= 11 is 0. The Hall–Kier alpha value is 0.312. The standard InChI is InChI=1S/C3H6O4.Pb/c4-1-2(5)3(6)7;/h2,4-5H,1H2,(H,6,7);. The van der Waals surface area contributed by atoms with Crippen molar-refractivity contribution in [3.05, 3.63) is 0 Å². The van der Waals surface area contributed by atoms with Crippen LogP contribution in [0.25, 0.3) is 0 Å². The van der Waals surface area contributed by atoms with Crippen LogP contribution in [0.3, 0.4) is 0 Å². The molecule has 3 N–H and O–H groups in total. The van der Waals surface area contributed by atoms with Gasteiger partial charge in [0.25, 0.3) is 0 Å². The summed E-state index contributed by atoms with van der Waals surface area (Å²) in [5.41, 5.74) is 0. The number of hydrogen-bond acceptors (Lipinski definition) is 3. The molecule has 0 aliphatic carbocycles. The van der Waals surface area contributed by atoms with Gasteiger partial charge in [0, 0.05) is 27.3 Å². The Balaban J connectivity index is 0. The van der Waals surface area contributed by atoms with E-state index in [9.17, 15) is 4.79 Å². The van der Waals surface area contributed by atoms with Gasteiger partial charge in [-0.2, -0.15) is 0 Å². The molecule has 0 aliphatic rings. The minimum absolute atomic E-state index is 0. The van der Waals surface area contributed by atoms with E-state index in [4.69, 9.17) is 15.3 Å². The second kappa shape index (κ2) is 5.45. The van der Waals surface area contributed by atoms with Crippen LogP contribution in [-0.4, -0.2) is 61.3 Å². The Kier molecular flexibility index (Phi) is 7.60. The predicted octanol–water partition coefficient (Wildman–Crippen LogP) is -1.96. The van der Waals surface area contributed by atoms with E-state index in [0.29, 0.717) is 0 Å². The molecular formula is C3H6O4Pb. The molecule has 0 aromatic carbocycles. The van der Waals surface area contributed by atoms with Crippen LogP contribution in [0.5, 0.6) is 0 Å². The van der Waals surface area contributed by atoms with Gasteiger partial charge in [-0.25, -0.2) is 4.79 Å². The van der Waals surface area contributed by atoms with E-state index < -0.39 is 18.7 Å². The quantitative estimate of drug-likeness (QED) is 0.518. The number of aliphatic carboxylic acids is 1. The van der Waals surface area contributed by atoms with Crippen LogP contribution < -0.4 is 0 Å². The molecular weight excluding hydrogens is 307 g/mol. The number of carboxylic acid groups (broad SMARTS) is 1. The number of aliphatic hydroxyl groups is 2. The van der Waals surface area contributed by atoms with Crippen LogP contribution in [0, 0.1) is 0 Å². The largest absolute Gasteiger partial charge is 0.479 e. The van der Waals surface area contributed by atoms with Crippen molar-refractivity contribution in [1.29, 1.82) is 0 Å². The third-order valence-electron chi connectivity index (χ3n) is 0.458. The van der Waals surface area contributed by atoms with Gasteiger partial charge in [-0.1, -0.05) is 0 Å². The Bertz CT molecular complexity index is 73.7. The van der Waals surface area contributed by atoms with Gasteiger partial charge < -0.3 is 15.3 Å². The minimum atomic E-state index is -1.63. The first-order chi connectivity index (χ1) is 3.18. The molecule has 0 aromatic rings. The van der Waals surface area contributed by atoms with E-state index in [1.54, 1.807) is 0 Å². The summed E-state index contributed by atoms with van der Waals surface area (Å²) in [5.74, 6) is -1.40. The molecule has 0 aromatic heterocycles. The van der Waals surface area contributed by atoms with Crippen LogP contribution in [0.15, 0.2) is 0 Å². The smallest absolute Gasteiger partial charge is 0.334 e. The molecule has 0 heterocycles. The van der Waals surface area contributed by atoms with Gasteiger partial charge in [0.1, 0.15) is 0 Å². The Morgan fingerprint density at radius 1 is 1.62 bits per heavy atom. The summed E-state index contributed by atoms with van der Waals surface area (Å²) in [6.07, 6.45) is -1.63. The van der Waals surface area contributed by atoms with Crippen molar-refractivity contribution in [2.24, 2.45) is 0 Å². The minimum Gasteiger partial charge on any atom is -0.479 e. The van der Waals surface area contributed by atoms with Gasteiger partial charge in [0.15, 0.2) is 6.10 Å². The Morgan fingerprint density at radius 3 is 2.00 bits per heavy atom. The van der Waals surface area contributed by atoms with Crippen molar-refractivity contribution in [3.8, 4) is 0 Å². The maximum atomic E-state index is 9.52. The average molecular weight is 313 g/mol. The first kappa shape index (κ1) is 11.2. The molecule has 0 rings (SSSR count). The van der Waals surface area contributed by atoms with E-state index in [2.05, 4.69) is 0 Å². The number of hydrogen-bond donors (Lipinski definition) is 3. The van der Waals surface area contributed by atoms with Crippen molar-refractivity contribution in [1.82, 2.24) is 0 Å². The fourth-order valence-electron chi connectivity index (χ4n) is 0.0781. The molecule has 4 radical (unpaired) electrons. The molecule has 0 bridgehead atoms.